The Bertz CT molecular complexity index is 557. The average molecular weight is 290 g/mol. The number of nitrogens with one attached hydrogen (secondary N) is 1. The van der Waals surface area contributed by atoms with Gasteiger partial charge in [-0.25, -0.2) is 4.98 Å². The summed E-state index contributed by atoms with van der Waals surface area (Å²) >= 11 is 1.76. The SMILES string of the molecule is COCCSc1nc2ccccc2cc1CNC(C)C. The molecule has 0 aliphatic carbocycles. The van der Waals surface area contributed by atoms with Crippen LogP contribution in [0.25, 0.3) is 10.9 Å². The summed E-state index contributed by atoms with van der Waals surface area (Å²) in [6.07, 6.45) is 0. The monoisotopic (exact) mass is 290 g/mol. The summed E-state index contributed by atoms with van der Waals surface area (Å²) in [5.41, 5.74) is 2.32. The zero-order valence-corrected chi connectivity index (χ0v) is 13.2. The van der Waals surface area contributed by atoms with Crippen molar-refractivity contribution in [1.29, 1.82) is 0 Å². The molecule has 0 fully saturated rings. The van der Waals surface area contributed by atoms with Crippen molar-refractivity contribution in [2.75, 3.05) is 19.5 Å². The molecule has 20 heavy (non-hydrogen) atoms. The van der Waals surface area contributed by atoms with Crippen molar-refractivity contribution in [2.45, 2.75) is 31.5 Å². The quantitative estimate of drug-likeness (QED) is 0.625. The molecule has 1 N–H and O–H groups in total. The van der Waals surface area contributed by atoms with Gasteiger partial charge >= 0.3 is 0 Å². The van der Waals surface area contributed by atoms with Crippen LogP contribution in [-0.2, 0) is 11.3 Å². The summed E-state index contributed by atoms with van der Waals surface area (Å²) in [6.45, 7) is 5.92. The molecule has 108 valence electrons. The van der Waals surface area contributed by atoms with Crippen LogP contribution < -0.4 is 5.32 Å². The summed E-state index contributed by atoms with van der Waals surface area (Å²) in [6, 6.07) is 11.0. The summed E-state index contributed by atoms with van der Waals surface area (Å²) in [5, 5.41) is 5.78. The summed E-state index contributed by atoms with van der Waals surface area (Å²) in [4.78, 5) is 4.79. The van der Waals surface area contributed by atoms with Crippen LogP contribution >= 0.6 is 11.8 Å². The maximum Gasteiger partial charge on any atom is 0.101 e. The first-order chi connectivity index (χ1) is 9.70. The first kappa shape index (κ1) is 15.3. The Hall–Kier alpha value is -1.10. The van der Waals surface area contributed by atoms with Crippen LogP contribution in [0.15, 0.2) is 35.4 Å². The van der Waals surface area contributed by atoms with Crippen molar-refractivity contribution in [3.63, 3.8) is 0 Å². The second-order valence-corrected chi connectivity index (χ2v) is 6.11. The maximum atomic E-state index is 5.12. The molecule has 0 aliphatic rings. The highest BCUT2D eigenvalue weighted by atomic mass is 32.2. The maximum absolute atomic E-state index is 5.12. The molecule has 0 saturated carbocycles. The molecule has 4 heteroatoms. The number of pyridine rings is 1. The van der Waals surface area contributed by atoms with E-state index < -0.39 is 0 Å². The van der Waals surface area contributed by atoms with Gasteiger partial charge in [0.2, 0.25) is 0 Å². The van der Waals surface area contributed by atoms with E-state index in [9.17, 15) is 0 Å². The lowest BCUT2D eigenvalue weighted by Crippen LogP contribution is -2.22. The van der Waals surface area contributed by atoms with Crippen LogP contribution in [0, 0.1) is 0 Å². The largest absolute Gasteiger partial charge is 0.384 e. The van der Waals surface area contributed by atoms with Crippen LogP contribution in [0.3, 0.4) is 0 Å². The Kier molecular flexibility index (Phi) is 5.83. The van der Waals surface area contributed by atoms with E-state index in [0.29, 0.717) is 6.04 Å². The Morgan fingerprint density at radius 1 is 1.30 bits per heavy atom. The molecule has 1 heterocycles. The number of hydrogen-bond donors (Lipinski definition) is 1. The van der Waals surface area contributed by atoms with Gasteiger partial charge in [-0.3, -0.25) is 0 Å². The van der Waals surface area contributed by atoms with Crippen LogP contribution in [-0.4, -0.2) is 30.5 Å². The van der Waals surface area contributed by atoms with Crippen molar-refractivity contribution in [3.8, 4) is 0 Å². The van der Waals surface area contributed by atoms with Gasteiger partial charge in [0.1, 0.15) is 5.03 Å². The Morgan fingerprint density at radius 2 is 2.10 bits per heavy atom. The minimum atomic E-state index is 0.471. The van der Waals surface area contributed by atoms with Crippen LogP contribution in [0.2, 0.25) is 0 Å². The zero-order chi connectivity index (χ0) is 14.4. The first-order valence-electron chi connectivity index (χ1n) is 6.94. The van der Waals surface area contributed by atoms with Gasteiger partial charge in [0.25, 0.3) is 0 Å². The lowest BCUT2D eigenvalue weighted by molar-refractivity contribution is 0.218. The molecule has 2 aromatic rings. The molecule has 0 radical (unpaired) electrons. The van der Waals surface area contributed by atoms with Gasteiger partial charge in [-0.2, -0.15) is 0 Å². The van der Waals surface area contributed by atoms with E-state index in [-0.39, 0.29) is 0 Å². The van der Waals surface area contributed by atoms with Crippen molar-refractivity contribution in [3.05, 3.63) is 35.9 Å². The van der Waals surface area contributed by atoms with Gasteiger partial charge in [0.05, 0.1) is 12.1 Å². The lowest BCUT2D eigenvalue weighted by Gasteiger charge is -2.13. The molecular formula is C16H22N2OS. The van der Waals surface area contributed by atoms with E-state index in [0.717, 1.165) is 29.4 Å². The third-order valence-electron chi connectivity index (χ3n) is 2.99. The van der Waals surface area contributed by atoms with E-state index in [1.807, 2.05) is 6.07 Å². The molecule has 0 unspecified atom stereocenters. The lowest BCUT2D eigenvalue weighted by atomic mass is 10.1. The van der Waals surface area contributed by atoms with Crippen molar-refractivity contribution >= 4 is 22.7 Å². The average Bonchev–Trinajstić information content (AvgIpc) is 2.45. The molecule has 1 aromatic carbocycles. The highest BCUT2D eigenvalue weighted by Crippen LogP contribution is 2.25. The molecule has 0 bridgehead atoms. The molecule has 1 aromatic heterocycles. The van der Waals surface area contributed by atoms with E-state index in [4.69, 9.17) is 9.72 Å². The highest BCUT2D eigenvalue weighted by molar-refractivity contribution is 7.99. The van der Waals surface area contributed by atoms with Gasteiger partial charge in [-0.1, -0.05) is 32.0 Å². The van der Waals surface area contributed by atoms with E-state index in [1.165, 1.54) is 10.9 Å². The summed E-state index contributed by atoms with van der Waals surface area (Å²) in [7, 11) is 1.73. The number of rotatable bonds is 7. The summed E-state index contributed by atoms with van der Waals surface area (Å²) < 4.78 is 5.12. The number of fused-ring (bicyclic) bond motifs is 1. The highest BCUT2D eigenvalue weighted by Gasteiger charge is 2.08. The third kappa shape index (κ3) is 4.20. The fourth-order valence-corrected chi connectivity index (χ4v) is 2.85. The number of ether oxygens (including phenoxy) is 1. The second kappa shape index (κ2) is 7.62. The predicted molar refractivity (Wildman–Crippen MR) is 86.3 cm³/mol. The second-order valence-electron chi connectivity index (χ2n) is 5.02. The fourth-order valence-electron chi connectivity index (χ4n) is 1.93. The minimum Gasteiger partial charge on any atom is -0.384 e. The Labute approximate surface area is 125 Å². The van der Waals surface area contributed by atoms with Gasteiger partial charge in [0.15, 0.2) is 0 Å². The zero-order valence-electron chi connectivity index (χ0n) is 12.3. The number of thioether (sulfide) groups is 1. The number of para-hydroxylation sites is 1. The van der Waals surface area contributed by atoms with Crippen molar-refractivity contribution in [1.82, 2.24) is 10.3 Å². The van der Waals surface area contributed by atoms with Crippen LogP contribution in [0.4, 0.5) is 0 Å². The number of aromatic nitrogens is 1. The van der Waals surface area contributed by atoms with Crippen LogP contribution in [0.5, 0.6) is 0 Å². The molecule has 0 saturated heterocycles. The van der Waals surface area contributed by atoms with Crippen molar-refractivity contribution < 1.29 is 4.74 Å². The standard InChI is InChI=1S/C16H22N2OS/c1-12(2)17-11-14-10-13-6-4-5-7-15(13)18-16(14)20-9-8-19-3/h4-7,10,12,17H,8-9,11H2,1-3H3. The Morgan fingerprint density at radius 3 is 2.85 bits per heavy atom. The number of benzene rings is 1. The number of methoxy groups -OCH3 is 1. The van der Waals surface area contributed by atoms with E-state index in [1.54, 1.807) is 18.9 Å². The van der Waals surface area contributed by atoms with Gasteiger partial charge in [0, 0.05) is 30.8 Å². The molecule has 0 aliphatic heterocycles. The third-order valence-corrected chi connectivity index (χ3v) is 3.99. The van der Waals surface area contributed by atoms with Crippen LogP contribution in [0.1, 0.15) is 19.4 Å². The molecule has 2 rings (SSSR count). The fraction of sp³-hybridized carbons (Fsp3) is 0.438. The van der Waals surface area contributed by atoms with Gasteiger partial charge in [-0.15, -0.1) is 11.8 Å². The van der Waals surface area contributed by atoms with Gasteiger partial charge < -0.3 is 10.1 Å². The molecular weight excluding hydrogens is 268 g/mol. The van der Waals surface area contributed by atoms with E-state index in [2.05, 4.69) is 43.4 Å². The molecule has 0 spiro atoms. The predicted octanol–water partition coefficient (Wildman–Crippen LogP) is 3.47. The molecule has 0 amide bonds. The minimum absolute atomic E-state index is 0.471. The smallest absolute Gasteiger partial charge is 0.101 e. The van der Waals surface area contributed by atoms with Crippen molar-refractivity contribution in [2.24, 2.45) is 0 Å². The summed E-state index contributed by atoms with van der Waals surface area (Å²) in [5.74, 6) is 0.927. The first-order valence-corrected chi connectivity index (χ1v) is 7.93. The van der Waals surface area contributed by atoms with Gasteiger partial charge in [-0.05, 0) is 17.7 Å². The molecule has 0 atom stereocenters. The molecule has 3 nitrogen and oxygen atoms in total. The van der Waals surface area contributed by atoms with E-state index >= 15 is 0 Å². The topological polar surface area (TPSA) is 34.1 Å². The number of nitrogens with zero attached hydrogens (tertiary/aromatic N) is 1. The normalized spacial score (nSPS) is 11.4. The number of hydrogen-bond acceptors (Lipinski definition) is 4. The Balaban J connectivity index is 2.26.